The van der Waals surface area contributed by atoms with Crippen molar-refractivity contribution in [2.75, 3.05) is 5.01 Å². The van der Waals surface area contributed by atoms with Crippen molar-refractivity contribution >= 4 is 23.3 Å². The number of ether oxygens (including phenoxy) is 1. The number of hydrogen-bond donors (Lipinski definition) is 1. The smallest absolute Gasteiger partial charge is 0.354 e. The summed E-state index contributed by atoms with van der Waals surface area (Å²) in [6, 6.07) is 10.4. The fourth-order valence-corrected chi connectivity index (χ4v) is 2.96. The van der Waals surface area contributed by atoms with Crippen LogP contribution < -0.4 is 10.7 Å². The number of nitrogens with zero attached hydrogens (tertiary/aromatic N) is 3. The van der Waals surface area contributed by atoms with E-state index in [0.717, 1.165) is 0 Å². The highest BCUT2D eigenvalue weighted by atomic mass is 16.5. The van der Waals surface area contributed by atoms with Crippen LogP contribution in [0.15, 0.2) is 47.1 Å². The number of amides is 1. The molecule has 2 aliphatic rings. The molecule has 25 heavy (non-hydrogen) atoms. The summed E-state index contributed by atoms with van der Waals surface area (Å²) in [4.78, 5) is 24.2. The predicted octanol–water partition coefficient (Wildman–Crippen LogP) is 1.65. The highest BCUT2D eigenvalue weighted by Gasteiger charge is 2.36. The monoisotopic (exact) mass is 338 g/mol. The van der Waals surface area contributed by atoms with Gasteiger partial charge in [0.05, 0.1) is 11.8 Å². The van der Waals surface area contributed by atoms with E-state index in [-0.39, 0.29) is 18.2 Å². The molecule has 0 saturated heterocycles. The Kier molecular flexibility index (Phi) is 4.80. The second-order valence-corrected chi connectivity index (χ2v) is 6.00. The molecule has 0 saturated carbocycles. The number of primary amides is 1. The molecular weight excluding hydrogens is 320 g/mol. The molecule has 0 fully saturated rings. The van der Waals surface area contributed by atoms with Crippen LogP contribution in [0.3, 0.4) is 0 Å². The van der Waals surface area contributed by atoms with Gasteiger partial charge in [0.2, 0.25) is 5.91 Å². The number of carbonyl (C=O) groups excluding carboxylic acids is 2. The molecule has 7 nitrogen and oxygen atoms in total. The number of anilines is 1. The van der Waals surface area contributed by atoms with E-state index in [1.165, 1.54) is 5.01 Å². The number of esters is 1. The van der Waals surface area contributed by atoms with Gasteiger partial charge in [0.25, 0.3) is 0 Å². The maximum absolute atomic E-state index is 12.4. The van der Waals surface area contributed by atoms with Crippen LogP contribution in [0.4, 0.5) is 5.69 Å². The van der Waals surface area contributed by atoms with E-state index in [1.54, 1.807) is 12.1 Å². The van der Waals surface area contributed by atoms with Crippen LogP contribution in [0, 0.1) is 11.3 Å². The molecule has 1 heterocycles. The van der Waals surface area contributed by atoms with E-state index >= 15 is 0 Å². The van der Waals surface area contributed by atoms with Crippen LogP contribution in [0.2, 0.25) is 0 Å². The molecule has 1 aromatic rings. The van der Waals surface area contributed by atoms with Crippen LogP contribution in [-0.2, 0) is 14.3 Å². The summed E-state index contributed by atoms with van der Waals surface area (Å²) >= 11 is 0. The van der Waals surface area contributed by atoms with Gasteiger partial charge in [-0.05, 0) is 25.0 Å². The number of nitrogens with two attached hydrogens (primary N) is 1. The fourth-order valence-electron chi connectivity index (χ4n) is 2.96. The molecule has 7 heteroatoms. The highest BCUT2D eigenvalue weighted by molar-refractivity contribution is 6.38. The van der Waals surface area contributed by atoms with Gasteiger partial charge in [-0.25, -0.2) is 4.79 Å². The molecule has 128 valence electrons. The Bertz CT molecular complexity index is 779. The van der Waals surface area contributed by atoms with Crippen LogP contribution in [0.1, 0.15) is 25.7 Å². The van der Waals surface area contributed by atoms with Gasteiger partial charge in [-0.1, -0.05) is 24.3 Å². The minimum Gasteiger partial charge on any atom is -0.457 e. The lowest BCUT2D eigenvalue weighted by Crippen LogP contribution is -2.39. The lowest BCUT2D eigenvalue weighted by Gasteiger charge is -2.20. The summed E-state index contributed by atoms with van der Waals surface area (Å²) in [6.07, 6.45) is 3.41. The summed E-state index contributed by atoms with van der Waals surface area (Å²) in [5.41, 5.74) is 6.93. The average molecular weight is 338 g/mol. The zero-order chi connectivity index (χ0) is 17.8. The third kappa shape index (κ3) is 3.69. The van der Waals surface area contributed by atoms with Crippen molar-refractivity contribution in [1.82, 2.24) is 0 Å². The fraction of sp³-hybridized carbons (Fsp3) is 0.333. The van der Waals surface area contributed by atoms with Gasteiger partial charge in [-0.2, -0.15) is 10.4 Å². The van der Waals surface area contributed by atoms with Crippen LogP contribution in [0.25, 0.3) is 0 Å². The topological polar surface area (TPSA) is 109 Å². The minimum atomic E-state index is -0.717. The van der Waals surface area contributed by atoms with Crippen molar-refractivity contribution in [3.8, 4) is 6.07 Å². The Morgan fingerprint density at radius 2 is 2.04 bits per heavy atom. The van der Waals surface area contributed by atoms with E-state index in [0.29, 0.717) is 30.5 Å². The Labute approximate surface area is 145 Å². The van der Waals surface area contributed by atoms with Gasteiger partial charge in [-0.15, -0.1) is 0 Å². The number of hydrogen-bond acceptors (Lipinski definition) is 6. The molecule has 0 spiro atoms. The molecular formula is C18H18N4O3. The molecule has 2 unspecified atom stereocenters. The first-order valence-corrected chi connectivity index (χ1v) is 8.09. The minimum absolute atomic E-state index is 0.108. The van der Waals surface area contributed by atoms with Crippen LogP contribution in [-0.4, -0.2) is 29.7 Å². The van der Waals surface area contributed by atoms with Gasteiger partial charge in [-0.3, -0.25) is 9.80 Å². The van der Waals surface area contributed by atoms with Gasteiger partial charge in [0, 0.05) is 18.4 Å². The first-order chi connectivity index (χ1) is 12.1. The lowest BCUT2D eigenvalue weighted by molar-refractivity contribution is -0.141. The Balaban J connectivity index is 1.73. The first-order valence-electron chi connectivity index (χ1n) is 8.09. The van der Waals surface area contributed by atoms with Gasteiger partial charge in [0.15, 0.2) is 0 Å². The molecule has 3 rings (SSSR count). The molecule has 1 aromatic carbocycles. The maximum Gasteiger partial charge on any atom is 0.354 e. The molecule has 1 amide bonds. The summed E-state index contributed by atoms with van der Waals surface area (Å²) in [7, 11) is 0. The summed E-state index contributed by atoms with van der Waals surface area (Å²) in [5, 5.41) is 14.7. The SMILES string of the molecule is N#CC1=CCCC(OC(=O)C2=NN(c3ccccc3)C(C(N)=O)C2)C1. The number of benzene rings is 1. The second-order valence-electron chi connectivity index (χ2n) is 6.00. The quantitative estimate of drug-likeness (QED) is 0.840. The standard InChI is InChI=1S/C18H18N4O3/c19-11-12-5-4-8-14(9-12)25-18(24)15-10-16(17(20)23)22(21-15)13-6-2-1-3-7-13/h1-3,5-7,14,16H,4,8-10H2,(H2,20,23). The molecule has 2 N–H and O–H groups in total. The summed E-state index contributed by atoms with van der Waals surface area (Å²) < 4.78 is 5.48. The zero-order valence-corrected chi connectivity index (χ0v) is 13.6. The average Bonchev–Trinajstić information content (AvgIpc) is 3.08. The molecule has 0 bridgehead atoms. The highest BCUT2D eigenvalue weighted by Crippen LogP contribution is 2.26. The van der Waals surface area contributed by atoms with E-state index in [1.807, 2.05) is 24.3 Å². The van der Waals surface area contributed by atoms with Gasteiger partial charge in [0.1, 0.15) is 17.9 Å². The predicted molar refractivity (Wildman–Crippen MR) is 91.4 cm³/mol. The van der Waals surface area contributed by atoms with Crippen molar-refractivity contribution in [3.63, 3.8) is 0 Å². The van der Waals surface area contributed by atoms with E-state index in [9.17, 15) is 9.59 Å². The molecule has 1 aliphatic carbocycles. The largest absolute Gasteiger partial charge is 0.457 e. The zero-order valence-electron chi connectivity index (χ0n) is 13.6. The Hall–Kier alpha value is -3.14. The van der Waals surface area contributed by atoms with Gasteiger partial charge >= 0.3 is 5.97 Å². The first kappa shape index (κ1) is 16.7. The molecule has 1 aliphatic heterocycles. The number of nitriles is 1. The van der Waals surface area contributed by atoms with Crippen LogP contribution >= 0.6 is 0 Å². The molecule has 2 atom stereocenters. The number of carbonyl (C=O) groups is 2. The molecule has 0 radical (unpaired) electrons. The Morgan fingerprint density at radius 1 is 1.28 bits per heavy atom. The third-order valence-electron chi connectivity index (χ3n) is 4.24. The number of hydrazone groups is 1. The number of allylic oxidation sites excluding steroid dienone is 1. The van der Waals surface area contributed by atoms with Crippen molar-refractivity contribution in [2.24, 2.45) is 10.8 Å². The lowest BCUT2D eigenvalue weighted by atomic mass is 9.97. The summed E-state index contributed by atoms with van der Waals surface area (Å²) in [5.74, 6) is -1.11. The maximum atomic E-state index is 12.4. The van der Waals surface area contributed by atoms with Crippen LogP contribution in [0.5, 0.6) is 0 Å². The van der Waals surface area contributed by atoms with Gasteiger partial charge < -0.3 is 10.5 Å². The normalized spacial score (nSPS) is 22.6. The summed E-state index contributed by atoms with van der Waals surface area (Å²) in [6.45, 7) is 0. The number of para-hydroxylation sites is 1. The molecule has 0 aromatic heterocycles. The van der Waals surface area contributed by atoms with Crippen molar-refractivity contribution in [2.45, 2.75) is 37.8 Å². The third-order valence-corrected chi connectivity index (χ3v) is 4.24. The van der Waals surface area contributed by atoms with Crippen molar-refractivity contribution < 1.29 is 14.3 Å². The second kappa shape index (κ2) is 7.18. The van der Waals surface area contributed by atoms with E-state index in [4.69, 9.17) is 15.7 Å². The Morgan fingerprint density at radius 3 is 2.72 bits per heavy atom. The van der Waals surface area contributed by atoms with Crippen molar-refractivity contribution in [3.05, 3.63) is 42.0 Å². The van der Waals surface area contributed by atoms with E-state index in [2.05, 4.69) is 11.2 Å². The van der Waals surface area contributed by atoms with E-state index < -0.39 is 17.9 Å². The van der Waals surface area contributed by atoms with Crippen molar-refractivity contribution in [1.29, 1.82) is 5.26 Å². The number of rotatable bonds is 4.